The molecule has 18 heavy (non-hydrogen) atoms. The quantitative estimate of drug-likeness (QED) is 0.812. The second-order valence-electron chi connectivity index (χ2n) is 5.39. The lowest BCUT2D eigenvalue weighted by Gasteiger charge is -2.34. The Balaban J connectivity index is 1.68. The number of rotatable bonds is 5. The molecule has 1 fully saturated rings. The Morgan fingerprint density at radius 2 is 2.28 bits per heavy atom. The average molecular weight is 250 g/mol. The van der Waals surface area contributed by atoms with Gasteiger partial charge in [0.05, 0.1) is 6.33 Å². The zero-order valence-electron chi connectivity index (χ0n) is 11.0. The molecule has 5 nitrogen and oxygen atoms in total. The highest BCUT2D eigenvalue weighted by Gasteiger charge is 2.26. The number of nitrogens with one attached hydrogen (secondary N) is 2. The van der Waals surface area contributed by atoms with Gasteiger partial charge in [0, 0.05) is 31.9 Å². The van der Waals surface area contributed by atoms with Crippen LogP contribution in [-0.4, -0.2) is 35.1 Å². The molecule has 1 amide bonds. The van der Waals surface area contributed by atoms with Crippen LogP contribution in [0.1, 0.15) is 26.2 Å². The molecule has 1 aromatic heterocycles. The fourth-order valence-electron chi connectivity index (χ4n) is 2.26. The summed E-state index contributed by atoms with van der Waals surface area (Å²) in [6, 6.07) is 0. The molecule has 0 spiro atoms. The number of aromatic nitrogens is 2. The van der Waals surface area contributed by atoms with E-state index in [2.05, 4.69) is 22.5 Å². The van der Waals surface area contributed by atoms with Crippen molar-refractivity contribution in [1.82, 2.24) is 20.2 Å². The van der Waals surface area contributed by atoms with Crippen molar-refractivity contribution < 1.29 is 4.79 Å². The number of aryl methyl sites for hydroxylation is 1. The van der Waals surface area contributed by atoms with Crippen molar-refractivity contribution in [2.45, 2.75) is 32.7 Å². The largest absolute Gasteiger partial charge is 0.355 e. The van der Waals surface area contributed by atoms with E-state index >= 15 is 0 Å². The number of piperidine rings is 1. The molecule has 0 bridgehead atoms. The molecule has 100 valence electrons. The molecule has 0 radical (unpaired) electrons. The van der Waals surface area contributed by atoms with Crippen molar-refractivity contribution in [3.05, 3.63) is 18.7 Å². The first-order chi connectivity index (χ1) is 8.68. The number of hydrogen-bond donors (Lipinski definition) is 2. The zero-order valence-corrected chi connectivity index (χ0v) is 11.0. The molecule has 0 aliphatic carbocycles. The molecule has 1 aliphatic heterocycles. The second-order valence-corrected chi connectivity index (χ2v) is 5.39. The van der Waals surface area contributed by atoms with E-state index in [-0.39, 0.29) is 11.3 Å². The lowest BCUT2D eigenvalue weighted by atomic mass is 9.81. The Kier molecular flexibility index (Phi) is 4.36. The zero-order chi connectivity index (χ0) is 12.8. The first-order valence-corrected chi connectivity index (χ1v) is 6.61. The lowest BCUT2D eigenvalue weighted by Crippen LogP contribution is -2.43. The van der Waals surface area contributed by atoms with E-state index in [1.165, 1.54) is 0 Å². The summed E-state index contributed by atoms with van der Waals surface area (Å²) in [5.41, 5.74) is 0.260. The second kappa shape index (κ2) is 6.00. The Labute approximate surface area is 108 Å². The summed E-state index contributed by atoms with van der Waals surface area (Å²) < 4.78 is 1.92. The average Bonchev–Trinajstić information content (AvgIpc) is 2.88. The highest BCUT2D eigenvalue weighted by atomic mass is 16.1. The molecule has 0 atom stereocenters. The van der Waals surface area contributed by atoms with Gasteiger partial charge in [0.15, 0.2) is 0 Å². The summed E-state index contributed by atoms with van der Waals surface area (Å²) >= 11 is 0. The molecule has 2 N–H and O–H groups in total. The standard InChI is InChI=1S/C13H22N4O/c1-13(3-5-14-6-4-13)10-16-12(18)2-8-17-9-7-15-11-17/h7,9,11,14H,2-6,8,10H2,1H3,(H,16,18). The van der Waals surface area contributed by atoms with Crippen molar-refractivity contribution in [2.75, 3.05) is 19.6 Å². The number of nitrogens with zero attached hydrogens (tertiary/aromatic N) is 2. The SMILES string of the molecule is CC1(CNC(=O)CCn2ccnc2)CCNCC1. The Bertz CT molecular complexity index is 368. The van der Waals surface area contributed by atoms with Gasteiger partial charge in [0.25, 0.3) is 0 Å². The number of hydrogen-bond acceptors (Lipinski definition) is 3. The first kappa shape index (κ1) is 13.1. The molecule has 1 saturated heterocycles. The molecule has 0 aromatic carbocycles. The summed E-state index contributed by atoms with van der Waals surface area (Å²) in [5, 5.41) is 6.40. The fraction of sp³-hybridized carbons (Fsp3) is 0.692. The van der Waals surface area contributed by atoms with Crippen molar-refractivity contribution in [3.63, 3.8) is 0 Å². The summed E-state index contributed by atoms with van der Waals surface area (Å²) in [6.45, 7) is 5.86. The predicted octanol–water partition coefficient (Wildman–Crippen LogP) is 0.779. The summed E-state index contributed by atoms with van der Waals surface area (Å²) in [6.07, 6.45) is 8.13. The molecule has 2 heterocycles. The Morgan fingerprint density at radius 3 is 2.94 bits per heavy atom. The van der Waals surface area contributed by atoms with E-state index in [0.29, 0.717) is 13.0 Å². The van der Waals surface area contributed by atoms with Crippen LogP contribution in [0, 0.1) is 5.41 Å². The molecular formula is C13H22N4O. The molecule has 0 saturated carbocycles. The van der Waals surface area contributed by atoms with Gasteiger partial charge in [-0.1, -0.05) is 6.92 Å². The highest BCUT2D eigenvalue weighted by Crippen LogP contribution is 2.26. The normalized spacial score (nSPS) is 18.5. The molecular weight excluding hydrogens is 228 g/mol. The van der Waals surface area contributed by atoms with Gasteiger partial charge in [-0.3, -0.25) is 4.79 Å². The maximum Gasteiger partial charge on any atom is 0.221 e. The van der Waals surface area contributed by atoms with E-state index in [0.717, 1.165) is 32.5 Å². The predicted molar refractivity (Wildman–Crippen MR) is 70.1 cm³/mol. The number of carbonyl (C=O) groups excluding carboxylic acids is 1. The van der Waals surface area contributed by atoms with Crippen molar-refractivity contribution in [2.24, 2.45) is 5.41 Å². The van der Waals surface area contributed by atoms with Crippen LogP contribution in [-0.2, 0) is 11.3 Å². The van der Waals surface area contributed by atoms with Crippen LogP contribution in [0.15, 0.2) is 18.7 Å². The number of carbonyl (C=O) groups is 1. The van der Waals surface area contributed by atoms with Gasteiger partial charge in [-0.25, -0.2) is 4.98 Å². The number of amides is 1. The molecule has 1 aromatic rings. The molecule has 5 heteroatoms. The van der Waals surface area contributed by atoms with E-state index in [1.807, 2.05) is 10.8 Å². The summed E-state index contributed by atoms with van der Waals surface area (Å²) in [4.78, 5) is 15.7. The third kappa shape index (κ3) is 3.84. The highest BCUT2D eigenvalue weighted by molar-refractivity contribution is 5.75. The van der Waals surface area contributed by atoms with E-state index in [4.69, 9.17) is 0 Å². The molecule has 0 unspecified atom stereocenters. The van der Waals surface area contributed by atoms with Crippen molar-refractivity contribution >= 4 is 5.91 Å². The maximum absolute atomic E-state index is 11.8. The van der Waals surface area contributed by atoms with Crippen LogP contribution in [0.25, 0.3) is 0 Å². The third-order valence-corrected chi connectivity index (χ3v) is 3.68. The van der Waals surface area contributed by atoms with Gasteiger partial charge in [0.1, 0.15) is 0 Å². The van der Waals surface area contributed by atoms with Gasteiger partial charge in [-0.2, -0.15) is 0 Å². The first-order valence-electron chi connectivity index (χ1n) is 6.61. The van der Waals surface area contributed by atoms with Gasteiger partial charge in [-0.15, -0.1) is 0 Å². The minimum atomic E-state index is 0.128. The van der Waals surface area contributed by atoms with Crippen LogP contribution in [0.4, 0.5) is 0 Å². The topological polar surface area (TPSA) is 59.0 Å². The maximum atomic E-state index is 11.8. The smallest absolute Gasteiger partial charge is 0.221 e. The van der Waals surface area contributed by atoms with Crippen LogP contribution < -0.4 is 10.6 Å². The van der Waals surface area contributed by atoms with E-state index in [1.54, 1.807) is 12.5 Å². The third-order valence-electron chi connectivity index (χ3n) is 3.68. The van der Waals surface area contributed by atoms with E-state index in [9.17, 15) is 4.79 Å². The molecule has 2 rings (SSSR count). The van der Waals surface area contributed by atoms with Gasteiger partial charge < -0.3 is 15.2 Å². The lowest BCUT2D eigenvalue weighted by molar-refractivity contribution is -0.121. The van der Waals surface area contributed by atoms with Crippen LogP contribution in [0.5, 0.6) is 0 Å². The minimum Gasteiger partial charge on any atom is -0.355 e. The van der Waals surface area contributed by atoms with Crippen molar-refractivity contribution in [3.8, 4) is 0 Å². The summed E-state index contributed by atoms with van der Waals surface area (Å²) in [5.74, 6) is 0.128. The number of imidazole rings is 1. The summed E-state index contributed by atoms with van der Waals surface area (Å²) in [7, 11) is 0. The van der Waals surface area contributed by atoms with Crippen LogP contribution >= 0.6 is 0 Å². The minimum absolute atomic E-state index is 0.128. The van der Waals surface area contributed by atoms with Crippen LogP contribution in [0.2, 0.25) is 0 Å². The van der Waals surface area contributed by atoms with Gasteiger partial charge >= 0.3 is 0 Å². The molecule has 1 aliphatic rings. The monoisotopic (exact) mass is 250 g/mol. The fourth-order valence-corrected chi connectivity index (χ4v) is 2.26. The Hall–Kier alpha value is -1.36. The van der Waals surface area contributed by atoms with Crippen molar-refractivity contribution in [1.29, 1.82) is 0 Å². The van der Waals surface area contributed by atoms with Crippen LogP contribution in [0.3, 0.4) is 0 Å². The van der Waals surface area contributed by atoms with Gasteiger partial charge in [-0.05, 0) is 31.3 Å². The Morgan fingerprint density at radius 1 is 1.50 bits per heavy atom. The van der Waals surface area contributed by atoms with E-state index < -0.39 is 0 Å². The van der Waals surface area contributed by atoms with Gasteiger partial charge in [0.2, 0.25) is 5.91 Å².